The van der Waals surface area contributed by atoms with E-state index in [0.717, 1.165) is 25.1 Å². The summed E-state index contributed by atoms with van der Waals surface area (Å²) in [5, 5.41) is 0. The smallest absolute Gasteiger partial charge is 0.139 e. The molecule has 124 valence electrons. The number of rotatable bonds is 1. The number of benzene rings is 1. The maximum absolute atomic E-state index is 6.56. The first-order valence-corrected chi connectivity index (χ1v) is 8.56. The van der Waals surface area contributed by atoms with Crippen LogP contribution < -0.4 is 9.64 Å². The first-order chi connectivity index (χ1) is 10.8. The zero-order valence-electron chi connectivity index (χ0n) is 14.9. The van der Waals surface area contributed by atoms with Crippen molar-refractivity contribution < 1.29 is 14.4 Å². The Kier molecular flexibility index (Phi) is 4.16. The fraction of sp³-hybridized carbons (Fsp3) is 0.600. The van der Waals surface area contributed by atoms with Gasteiger partial charge >= 0.3 is 0 Å². The maximum Gasteiger partial charge on any atom is 0.139 e. The molecule has 3 heteroatoms. The number of fused-ring (bicyclic) bond motifs is 3. The normalized spacial score (nSPS) is 31.4. The van der Waals surface area contributed by atoms with Crippen molar-refractivity contribution in [3.63, 3.8) is 0 Å². The molecule has 0 aliphatic carbocycles. The molecule has 1 fully saturated rings. The van der Waals surface area contributed by atoms with Crippen molar-refractivity contribution in [2.45, 2.75) is 50.9 Å². The van der Waals surface area contributed by atoms with E-state index in [9.17, 15) is 0 Å². The maximum atomic E-state index is 6.56. The molecule has 2 heterocycles. The zero-order chi connectivity index (χ0) is 16.7. The molecule has 0 saturated carbocycles. The molecule has 1 saturated heterocycles. The molecule has 0 bridgehead atoms. The number of para-hydroxylation sites is 1. The Morgan fingerprint density at radius 2 is 1.96 bits per heavy atom. The Hall–Kier alpha value is -1.50. The van der Waals surface area contributed by atoms with Gasteiger partial charge in [0.1, 0.15) is 23.5 Å². The molecule has 3 atom stereocenters. The fourth-order valence-corrected chi connectivity index (χ4v) is 3.66. The summed E-state index contributed by atoms with van der Waals surface area (Å²) in [6.07, 6.45) is 2.10. The molecule has 23 heavy (non-hydrogen) atoms. The first kappa shape index (κ1) is 16.4. The van der Waals surface area contributed by atoms with Gasteiger partial charge in [0, 0.05) is 11.5 Å². The highest BCUT2D eigenvalue weighted by Gasteiger charge is 2.49. The van der Waals surface area contributed by atoms with Gasteiger partial charge in [-0.25, -0.2) is 0 Å². The highest BCUT2D eigenvalue weighted by atomic mass is 16.5. The van der Waals surface area contributed by atoms with Crippen molar-refractivity contribution in [2.75, 3.05) is 20.6 Å². The van der Waals surface area contributed by atoms with Crippen molar-refractivity contribution >= 4 is 0 Å². The van der Waals surface area contributed by atoms with Crippen LogP contribution in [0.15, 0.2) is 24.3 Å². The largest absolute Gasteiger partial charge is 0.487 e. The summed E-state index contributed by atoms with van der Waals surface area (Å²) in [4.78, 5) is 1.34. The van der Waals surface area contributed by atoms with E-state index in [0.29, 0.717) is 5.92 Å². The van der Waals surface area contributed by atoms with Gasteiger partial charge in [-0.15, -0.1) is 0 Å². The Labute approximate surface area is 140 Å². The summed E-state index contributed by atoms with van der Waals surface area (Å²) >= 11 is 0. The van der Waals surface area contributed by atoms with E-state index < -0.39 is 0 Å². The van der Waals surface area contributed by atoms with Crippen molar-refractivity contribution in [3.05, 3.63) is 29.8 Å². The second-order valence-electron chi connectivity index (χ2n) is 7.84. The van der Waals surface area contributed by atoms with Gasteiger partial charge in [0.05, 0.1) is 20.2 Å². The Bertz CT molecular complexity index is 641. The van der Waals surface area contributed by atoms with Gasteiger partial charge in [0.2, 0.25) is 0 Å². The lowest BCUT2D eigenvalue weighted by Crippen LogP contribution is -3.05. The predicted molar refractivity (Wildman–Crippen MR) is 91.6 cm³/mol. The van der Waals surface area contributed by atoms with Gasteiger partial charge in [-0.2, -0.15) is 0 Å². The summed E-state index contributed by atoms with van der Waals surface area (Å²) in [5.41, 5.74) is 0.599. The SMILES string of the molecule is C[NH+](C)CC#C[C@@]1(C)CC[C@H]2[C@H](O1)c1ccccc1OC2(C)C. The van der Waals surface area contributed by atoms with E-state index >= 15 is 0 Å². The van der Waals surface area contributed by atoms with Crippen molar-refractivity contribution in [3.8, 4) is 17.6 Å². The summed E-state index contributed by atoms with van der Waals surface area (Å²) in [6.45, 7) is 7.33. The molecule has 1 aromatic rings. The Balaban J connectivity index is 1.90. The molecular weight excluding hydrogens is 286 g/mol. The topological polar surface area (TPSA) is 22.9 Å². The Morgan fingerprint density at radius 3 is 2.70 bits per heavy atom. The van der Waals surface area contributed by atoms with E-state index in [1.54, 1.807) is 0 Å². The van der Waals surface area contributed by atoms with Crippen molar-refractivity contribution in [1.82, 2.24) is 0 Å². The number of nitrogens with one attached hydrogen (secondary N) is 1. The third kappa shape index (κ3) is 3.24. The summed E-state index contributed by atoms with van der Waals surface area (Å²) in [6, 6.07) is 8.26. The quantitative estimate of drug-likeness (QED) is 0.804. The van der Waals surface area contributed by atoms with Crippen LogP contribution in [0.25, 0.3) is 0 Å². The summed E-state index contributed by atoms with van der Waals surface area (Å²) in [5.74, 6) is 8.00. The van der Waals surface area contributed by atoms with Crippen LogP contribution in [0.3, 0.4) is 0 Å². The molecule has 2 aliphatic heterocycles. The zero-order valence-corrected chi connectivity index (χ0v) is 14.9. The minimum Gasteiger partial charge on any atom is -0.487 e. The van der Waals surface area contributed by atoms with Crippen LogP contribution in [0.1, 0.15) is 45.3 Å². The lowest BCUT2D eigenvalue weighted by molar-refractivity contribution is -0.850. The molecule has 3 rings (SSSR count). The van der Waals surface area contributed by atoms with Crippen LogP contribution in [0.5, 0.6) is 5.75 Å². The molecular formula is C20H28NO2+. The van der Waals surface area contributed by atoms with Gasteiger partial charge in [-0.05, 0) is 45.6 Å². The number of hydrogen-bond acceptors (Lipinski definition) is 2. The average Bonchev–Trinajstić information content (AvgIpc) is 2.46. The van der Waals surface area contributed by atoms with E-state index in [2.05, 4.69) is 58.8 Å². The predicted octanol–water partition coefficient (Wildman–Crippen LogP) is 2.23. The second-order valence-corrected chi connectivity index (χ2v) is 7.84. The highest BCUT2D eigenvalue weighted by molar-refractivity contribution is 5.39. The standard InChI is InChI=1S/C20H27NO2/c1-19(2)16-11-13-20(3,12-8-14-21(4)5)23-18(16)15-9-6-7-10-17(15)22-19/h6-7,9-10,16,18H,11,13-14H2,1-5H3/p+1/t16-,18+,20-/m0/s1. The lowest BCUT2D eigenvalue weighted by atomic mass is 9.73. The molecule has 1 N–H and O–H groups in total. The molecule has 0 amide bonds. The van der Waals surface area contributed by atoms with Gasteiger partial charge in [-0.3, -0.25) is 0 Å². The fourth-order valence-electron chi connectivity index (χ4n) is 3.66. The third-order valence-electron chi connectivity index (χ3n) is 4.97. The summed E-state index contributed by atoms with van der Waals surface area (Å²) in [7, 11) is 4.23. The highest BCUT2D eigenvalue weighted by Crippen LogP contribution is 2.52. The van der Waals surface area contributed by atoms with Gasteiger partial charge in [-0.1, -0.05) is 24.1 Å². The number of ether oxygens (including phenoxy) is 2. The van der Waals surface area contributed by atoms with Gasteiger partial charge in [0.15, 0.2) is 0 Å². The molecule has 1 aromatic carbocycles. The van der Waals surface area contributed by atoms with E-state index in [1.165, 1.54) is 10.5 Å². The third-order valence-corrected chi connectivity index (χ3v) is 4.97. The monoisotopic (exact) mass is 314 g/mol. The van der Waals surface area contributed by atoms with E-state index in [1.807, 2.05) is 12.1 Å². The van der Waals surface area contributed by atoms with Crippen LogP contribution in [0.2, 0.25) is 0 Å². The molecule has 0 radical (unpaired) electrons. The molecule has 0 aromatic heterocycles. The average molecular weight is 314 g/mol. The Morgan fingerprint density at radius 1 is 1.22 bits per heavy atom. The van der Waals surface area contributed by atoms with E-state index in [-0.39, 0.29) is 17.3 Å². The lowest BCUT2D eigenvalue weighted by Gasteiger charge is -2.50. The second kappa shape index (κ2) is 5.85. The summed E-state index contributed by atoms with van der Waals surface area (Å²) < 4.78 is 12.8. The molecule has 0 unspecified atom stereocenters. The molecule has 2 aliphatic rings. The van der Waals surface area contributed by atoms with Gasteiger partial charge in [0.25, 0.3) is 0 Å². The van der Waals surface area contributed by atoms with Crippen LogP contribution >= 0.6 is 0 Å². The van der Waals surface area contributed by atoms with Crippen LogP contribution in [0.4, 0.5) is 0 Å². The number of quaternary nitrogens is 1. The van der Waals surface area contributed by atoms with E-state index in [4.69, 9.17) is 9.47 Å². The van der Waals surface area contributed by atoms with Crippen LogP contribution in [0, 0.1) is 17.8 Å². The number of hydrogen-bond donors (Lipinski definition) is 1. The minimum atomic E-state index is -0.364. The van der Waals surface area contributed by atoms with Crippen LogP contribution in [-0.2, 0) is 4.74 Å². The van der Waals surface area contributed by atoms with Crippen LogP contribution in [-0.4, -0.2) is 31.8 Å². The van der Waals surface area contributed by atoms with Crippen molar-refractivity contribution in [1.29, 1.82) is 0 Å². The minimum absolute atomic E-state index is 0.0645. The first-order valence-electron chi connectivity index (χ1n) is 8.56. The molecule has 3 nitrogen and oxygen atoms in total. The van der Waals surface area contributed by atoms with Crippen molar-refractivity contribution in [2.24, 2.45) is 5.92 Å². The molecule has 0 spiro atoms. The van der Waals surface area contributed by atoms with Gasteiger partial charge < -0.3 is 14.4 Å².